The lowest BCUT2D eigenvalue weighted by Crippen LogP contribution is -2.33. The van der Waals surface area contributed by atoms with Crippen molar-refractivity contribution in [1.29, 1.82) is 5.26 Å². The van der Waals surface area contributed by atoms with Gasteiger partial charge in [-0.15, -0.1) is 0 Å². The van der Waals surface area contributed by atoms with Crippen LogP contribution in [0.15, 0.2) is 48.5 Å². The zero-order chi connectivity index (χ0) is 20.5. The van der Waals surface area contributed by atoms with Gasteiger partial charge in [0.15, 0.2) is 0 Å². The maximum Gasteiger partial charge on any atom is 0.227 e. The minimum Gasteiger partial charge on any atom is -0.350 e. The third-order valence-corrected chi connectivity index (χ3v) is 4.49. The van der Waals surface area contributed by atoms with Crippen molar-refractivity contribution in [3.63, 3.8) is 0 Å². The SMILES string of the molecule is CC(NC(=O)CCC(=O)N(CCC#N)c1ccccc1)c1ccc(F)c(Cl)c1. The van der Waals surface area contributed by atoms with Crippen molar-refractivity contribution in [2.24, 2.45) is 0 Å². The van der Waals surface area contributed by atoms with Gasteiger partial charge in [-0.05, 0) is 36.8 Å². The van der Waals surface area contributed by atoms with Crippen molar-refractivity contribution < 1.29 is 14.0 Å². The Morgan fingerprint density at radius 1 is 1.21 bits per heavy atom. The number of para-hydroxylation sites is 1. The molecule has 1 atom stereocenters. The molecule has 0 aromatic heterocycles. The molecule has 1 unspecified atom stereocenters. The Morgan fingerprint density at radius 2 is 1.93 bits per heavy atom. The van der Waals surface area contributed by atoms with Gasteiger partial charge < -0.3 is 10.2 Å². The van der Waals surface area contributed by atoms with Crippen LogP contribution in [0.2, 0.25) is 5.02 Å². The molecule has 5 nitrogen and oxygen atoms in total. The predicted octanol–water partition coefficient (Wildman–Crippen LogP) is 4.38. The molecule has 146 valence electrons. The van der Waals surface area contributed by atoms with E-state index in [4.69, 9.17) is 16.9 Å². The fraction of sp³-hybridized carbons (Fsp3) is 0.286. The van der Waals surface area contributed by atoms with E-state index in [1.807, 2.05) is 24.3 Å². The van der Waals surface area contributed by atoms with Gasteiger partial charge in [0.25, 0.3) is 0 Å². The zero-order valence-electron chi connectivity index (χ0n) is 15.5. The second-order valence-corrected chi connectivity index (χ2v) is 6.66. The molecule has 0 saturated heterocycles. The van der Waals surface area contributed by atoms with Gasteiger partial charge in [0.2, 0.25) is 11.8 Å². The first-order chi connectivity index (χ1) is 13.4. The van der Waals surface area contributed by atoms with Gasteiger partial charge in [-0.1, -0.05) is 35.9 Å². The average Bonchev–Trinajstić information content (AvgIpc) is 2.69. The molecule has 7 heteroatoms. The van der Waals surface area contributed by atoms with Crippen molar-refractivity contribution in [2.75, 3.05) is 11.4 Å². The summed E-state index contributed by atoms with van der Waals surface area (Å²) in [5, 5.41) is 11.6. The van der Waals surface area contributed by atoms with Crippen molar-refractivity contribution in [3.05, 3.63) is 64.9 Å². The van der Waals surface area contributed by atoms with Crippen LogP contribution in [0, 0.1) is 17.1 Å². The van der Waals surface area contributed by atoms with Gasteiger partial charge in [-0.3, -0.25) is 9.59 Å². The van der Waals surface area contributed by atoms with E-state index >= 15 is 0 Å². The molecule has 0 heterocycles. The number of carbonyl (C=O) groups is 2. The molecular formula is C21H21ClFN3O2. The van der Waals surface area contributed by atoms with Crippen LogP contribution in [0.3, 0.4) is 0 Å². The molecule has 0 radical (unpaired) electrons. The number of rotatable bonds is 8. The van der Waals surface area contributed by atoms with Gasteiger partial charge in [0.1, 0.15) is 5.82 Å². The van der Waals surface area contributed by atoms with Gasteiger partial charge in [-0.2, -0.15) is 5.26 Å². The lowest BCUT2D eigenvalue weighted by molar-refractivity contribution is -0.125. The third-order valence-electron chi connectivity index (χ3n) is 4.20. The van der Waals surface area contributed by atoms with Crippen molar-refractivity contribution in [2.45, 2.75) is 32.2 Å². The van der Waals surface area contributed by atoms with Gasteiger partial charge >= 0.3 is 0 Å². The fourth-order valence-electron chi connectivity index (χ4n) is 2.70. The van der Waals surface area contributed by atoms with Crippen LogP contribution in [0.4, 0.5) is 10.1 Å². The highest BCUT2D eigenvalue weighted by Crippen LogP contribution is 2.21. The number of benzene rings is 2. The topological polar surface area (TPSA) is 73.2 Å². The summed E-state index contributed by atoms with van der Waals surface area (Å²) in [7, 11) is 0. The Kier molecular flexibility index (Phi) is 7.97. The summed E-state index contributed by atoms with van der Waals surface area (Å²) in [4.78, 5) is 26.3. The van der Waals surface area contributed by atoms with E-state index in [0.717, 1.165) is 0 Å². The summed E-state index contributed by atoms with van der Waals surface area (Å²) >= 11 is 5.77. The number of halogens is 2. The van der Waals surface area contributed by atoms with Gasteiger partial charge in [0, 0.05) is 25.1 Å². The van der Waals surface area contributed by atoms with Crippen molar-refractivity contribution >= 4 is 29.1 Å². The Bertz CT molecular complexity index is 868. The molecule has 0 saturated carbocycles. The molecule has 0 aliphatic heterocycles. The molecule has 0 bridgehead atoms. The second-order valence-electron chi connectivity index (χ2n) is 6.25. The third kappa shape index (κ3) is 6.07. The highest BCUT2D eigenvalue weighted by Gasteiger charge is 2.18. The molecule has 0 spiro atoms. The Hall–Kier alpha value is -2.91. The van der Waals surface area contributed by atoms with Crippen LogP contribution in [0.25, 0.3) is 0 Å². The van der Waals surface area contributed by atoms with E-state index < -0.39 is 5.82 Å². The standard InChI is InChI=1S/C21H21ClFN3O2/c1-15(16-8-9-19(23)18(22)14-16)25-20(27)10-11-21(28)26(13-5-12-24)17-6-3-2-4-7-17/h2-4,6-9,14-15H,5,10-11,13H2,1H3,(H,25,27). The summed E-state index contributed by atoms with van der Waals surface area (Å²) in [6.45, 7) is 2.03. The number of anilines is 1. The number of nitrogens with zero attached hydrogens (tertiary/aromatic N) is 2. The van der Waals surface area contributed by atoms with Crippen LogP contribution in [-0.2, 0) is 9.59 Å². The molecule has 28 heavy (non-hydrogen) atoms. The first kappa shape index (κ1) is 21.4. The molecule has 2 amide bonds. The number of nitrogens with one attached hydrogen (secondary N) is 1. The highest BCUT2D eigenvalue weighted by atomic mass is 35.5. The Morgan fingerprint density at radius 3 is 2.57 bits per heavy atom. The monoisotopic (exact) mass is 401 g/mol. The van der Waals surface area contributed by atoms with Crippen molar-refractivity contribution in [3.8, 4) is 6.07 Å². The fourth-order valence-corrected chi connectivity index (χ4v) is 2.89. The minimum absolute atomic E-state index is 0.00792. The number of hydrogen-bond donors (Lipinski definition) is 1. The quantitative estimate of drug-likeness (QED) is 0.713. The number of hydrogen-bond acceptors (Lipinski definition) is 3. The summed E-state index contributed by atoms with van der Waals surface area (Å²) in [5.41, 5.74) is 1.36. The Labute approximate surface area is 168 Å². The molecule has 0 aliphatic rings. The number of amides is 2. The van der Waals surface area contributed by atoms with Gasteiger partial charge in [-0.25, -0.2) is 4.39 Å². The second kappa shape index (κ2) is 10.4. The van der Waals surface area contributed by atoms with E-state index in [2.05, 4.69) is 5.32 Å². The summed E-state index contributed by atoms with van der Waals surface area (Å²) in [6, 6.07) is 15.0. The van der Waals surface area contributed by atoms with Crippen molar-refractivity contribution in [1.82, 2.24) is 5.32 Å². The van der Waals surface area contributed by atoms with E-state index in [1.54, 1.807) is 25.1 Å². The minimum atomic E-state index is -0.520. The first-order valence-corrected chi connectivity index (χ1v) is 9.27. The van der Waals surface area contributed by atoms with E-state index in [9.17, 15) is 14.0 Å². The normalized spacial score (nSPS) is 11.4. The smallest absolute Gasteiger partial charge is 0.227 e. The molecule has 0 aliphatic carbocycles. The summed E-state index contributed by atoms with van der Waals surface area (Å²) in [6.07, 6.45) is 0.228. The maximum atomic E-state index is 13.3. The van der Waals surface area contributed by atoms with E-state index in [0.29, 0.717) is 11.3 Å². The molecular weight excluding hydrogens is 381 g/mol. The molecule has 2 rings (SSSR count). The van der Waals surface area contributed by atoms with Gasteiger partial charge in [0.05, 0.1) is 23.6 Å². The summed E-state index contributed by atoms with van der Waals surface area (Å²) < 4.78 is 13.3. The molecule has 2 aromatic rings. The Balaban J connectivity index is 1.93. The first-order valence-electron chi connectivity index (χ1n) is 8.89. The molecule has 2 aromatic carbocycles. The van der Waals surface area contributed by atoms with Crippen LogP contribution in [-0.4, -0.2) is 18.4 Å². The zero-order valence-corrected chi connectivity index (χ0v) is 16.2. The predicted molar refractivity (Wildman–Crippen MR) is 106 cm³/mol. The van der Waals surface area contributed by atoms with E-state index in [-0.39, 0.29) is 48.7 Å². The lowest BCUT2D eigenvalue weighted by atomic mass is 10.1. The average molecular weight is 402 g/mol. The van der Waals surface area contributed by atoms with Crippen LogP contribution in [0.5, 0.6) is 0 Å². The number of nitriles is 1. The number of carbonyl (C=O) groups excluding carboxylic acids is 2. The summed E-state index contributed by atoms with van der Waals surface area (Å²) in [5.74, 6) is -1.04. The van der Waals surface area contributed by atoms with E-state index in [1.165, 1.54) is 17.0 Å². The van der Waals surface area contributed by atoms with Crippen LogP contribution in [0.1, 0.15) is 37.8 Å². The lowest BCUT2D eigenvalue weighted by Gasteiger charge is -2.22. The largest absolute Gasteiger partial charge is 0.350 e. The highest BCUT2D eigenvalue weighted by molar-refractivity contribution is 6.30. The van der Waals surface area contributed by atoms with Crippen LogP contribution < -0.4 is 10.2 Å². The molecule has 1 N–H and O–H groups in total. The van der Waals surface area contributed by atoms with Crippen LogP contribution >= 0.6 is 11.6 Å². The molecule has 0 fully saturated rings. The maximum absolute atomic E-state index is 13.3.